The van der Waals surface area contributed by atoms with Crippen molar-refractivity contribution in [2.24, 2.45) is 0 Å². The molecule has 41 heteroatoms. The third-order valence-electron chi connectivity index (χ3n) is 9.35. The van der Waals surface area contributed by atoms with E-state index in [1.54, 1.807) is 0 Å². The highest BCUT2D eigenvalue weighted by Crippen LogP contribution is 2.67. The van der Waals surface area contributed by atoms with Crippen molar-refractivity contribution in [3.63, 3.8) is 0 Å². The number of carbonyl (C=O) groups is 2. The first-order valence-corrected chi connectivity index (χ1v) is 17.7. The van der Waals surface area contributed by atoms with Crippen molar-refractivity contribution in [2.45, 2.75) is 153 Å². The maximum absolute atomic E-state index is 13.7. The van der Waals surface area contributed by atoms with Gasteiger partial charge in [0.25, 0.3) is 11.3 Å². The fourth-order valence-electron chi connectivity index (χ4n) is 4.31. The SMILES string of the molecule is C=C(C)C(=O)OCC(O)CC(F)(F)C(F)(F)C(F)(F)C(F)(F)C(F)(F)C(F)(F)C(C)(F)C(F)(F)F.C=C(C)C(=O)OCCC(F)(F)C(F)(F)C(F)(F)C(F)(F)C(F)(F)C(F)(F)C(F)(F)C(F)(F)C(C)(F)C(F)(F)F. The molecule has 440 valence electrons. The van der Waals surface area contributed by atoms with Crippen molar-refractivity contribution >= 4 is 11.9 Å². The highest BCUT2D eigenvalue weighted by molar-refractivity contribution is 5.87. The zero-order valence-corrected chi connectivity index (χ0v) is 35.5. The Morgan fingerprint density at radius 2 is 0.595 bits per heavy atom. The molecule has 0 rings (SSSR count). The Kier molecular flexibility index (Phi) is 19.8. The van der Waals surface area contributed by atoms with Crippen LogP contribution >= 0.6 is 0 Å². The van der Waals surface area contributed by atoms with E-state index in [2.05, 4.69) is 22.6 Å². The van der Waals surface area contributed by atoms with Crippen molar-refractivity contribution in [1.29, 1.82) is 0 Å². The van der Waals surface area contributed by atoms with Gasteiger partial charge in [-0.25, -0.2) is 18.4 Å². The fraction of sp³-hybridized carbons (Fsp3) is 0.818. The molecule has 0 saturated carbocycles. The van der Waals surface area contributed by atoms with Crippen LogP contribution < -0.4 is 0 Å². The zero-order chi connectivity index (χ0) is 61.1. The summed E-state index contributed by atoms with van der Waals surface area (Å²) in [6, 6.07) is 0. The Balaban J connectivity index is 0. The quantitative estimate of drug-likeness (QED) is 0.0627. The van der Waals surface area contributed by atoms with Gasteiger partial charge in [-0.1, -0.05) is 13.2 Å². The summed E-state index contributed by atoms with van der Waals surface area (Å²) in [5, 5.41) is 9.14. The minimum absolute atomic E-state index is 0.470. The van der Waals surface area contributed by atoms with Crippen LogP contribution in [0.2, 0.25) is 0 Å². The summed E-state index contributed by atoms with van der Waals surface area (Å²) in [6.07, 6.45) is -23.6. The summed E-state index contributed by atoms with van der Waals surface area (Å²) >= 11 is 0. The second-order valence-electron chi connectivity index (χ2n) is 15.2. The van der Waals surface area contributed by atoms with Crippen LogP contribution in [-0.2, 0) is 19.1 Å². The van der Waals surface area contributed by atoms with E-state index in [0.29, 0.717) is 0 Å². The molecule has 3 unspecified atom stereocenters. The minimum atomic E-state index is -9.02. The third-order valence-corrected chi connectivity index (χ3v) is 9.35. The Morgan fingerprint density at radius 3 is 0.838 bits per heavy atom. The molecular weight excluding hydrogens is 1160 g/mol. The average Bonchev–Trinajstić information content (AvgIpc) is 3.17. The molecule has 0 aliphatic carbocycles. The van der Waals surface area contributed by atoms with Crippen molar-refractivity contribution in [3.05, 3.63) is 24.3 Å². The van der Waals surface area contributed by atoms with Crippen LogP contribution in [0.3, 0.4) is 0 Å². The average molecular weight is 1190 g/mol. The Bertz CT molecular complexity index is 2010. The predicted octanol–water partition coefficient (Wildman–Crippen LogP) is 13.8. The minimum Gasteiger partial charge on any atom is -0.462 e. The highest BCUT2D eigenvalue weighted by Gasteiger charge is 2.97. The molecule has 0 radical (unpaired) electrons. The molecule has 0 heterocycles. The molecule has 74 heavy (non-hydrogen) atoms. The molecule has 0 aliphatic heterocycles. The number of hydrogen-bond donors (Lipinski definition) is 1. The first-order valence-electron chi connectivity index (χ1n) is 17.7. The normalized spacial score (nSPS) is 17.3. The third kappa shape index (κ3) is 11.2. The molecule has 5 nitrogen and oxygen atoms in total. The molecule has 0 aliphatic rings. The molecule has 1 N–H and O–H groups in total. The predicted molar refractivity (Wildman–Crippen MR) is 167 cm³/mol. The second kappa shape index (κ2) is 20.3. The monoisotopic (exact) mass is 1190 g/mol. The van der Waals surface area contributed by atoms with Gasteiger partial charge in [0.2, 0.25) is 0 Å². The van der Waals surface area contributed by atoms with Crippen LogP contribution in [0.4, 0.5) is 158 Å². The van der Waals surface area contributed by atoms with Crippen LogP contribution in [-0.4, -0.2) is 143 Å². The summed E-state index contributed by atoms with van der Waals surface area (Å²) < 4.78 is 490. The Morgan fingerprint density at radius 1 is 0.378 bits per heavy atom. The van der Waals surface area contributed by atoms with Crippen molar-refractivity contribution in [1.82, 2.24) is 0 Å². The summed E-state index contributed by atoms with van der Waals surface area (Å²) in [4.78, 5) is 22.0. The van der Waals surface area contributed by atoms with E-state index in [1.165, 1.54) is 0 Å². The molecule has 0 saturated heterocycles. The van der Waals surface area contributed by atoms with Crippen LogP contribution in [0.15, 0.2) is 24.3 Å². The van der Waals surface area contributed by atoms with E-state index < -0.39 is 176 Å². The number of alkyl halides is 36. The van der Waals surface area contributed by atoms with Gasteiger partial charge >= 0.3 is 107 Å². The number of ether oxygens (including phenoxy) is 2. The van der Waals surface area contributed by atoms with Gasteiger partial charge in [-0.15, -0.1) is 0 Å². The first-order chi connectivity index (χ1) is 31.5. The second-order valence-corrected chi connectivity index (χ2v) is 15.2. The first kappa shape index (κ1) is 71.9. The van der Waals surface area contributed by atoms with E-state index >= 15 is 0 Å². The summed E-state index contributed by atoms with van der Waals surface area (Å²) in [6.45, 7) is 0.520. The van der Waals surface area contributed by atoms with Crippen LogP contribution in [0.25, 0.3) is 0 Å². The number of carbonyl (C=O) groups excluding carboxylic acids is 2. The summed E-state index contributed by atoms with van der Waals surface area (Å²) in [5.74, 6) is -118. The number of aliphatic hydroxyl groups excluding tert-OH is 1. The van der Waals surface area contributed by atoms with Gasteiger partial charge in [0.15, 0.2) is 0 Å². The van der Waals surface area contributed by atoms with E-state index in [0.717, 1.165) is 13.8 Å². The van der Waals surface area contributed by atoms with Crippen molar-refractivity contribution < 1.29 is 182 Å². The topological polar surface area (TPSA) is 72.8 Å². The zero-order valence-electron chi connectivity index (χ0n) is 35.5. The fourth-order valence-corrected chi connectivity index (χ4v) is 4.31. The van der Waals surface area contributed by atoms with E-state index in [9.17, 15) is 168 Å². The lowest BCUT2D eigenvalue weighted by atomic mass is 9.83. The molecule has 0 aromatic carbocycles. The van der Waals surface area contributed by atoms with Gasteiger partial charge in [-0.2, -0.15) is 149 Å². The van der Waals surface area contributed by atoms with Crippen LogP contribution in [0.5, 0.6) is 0 Å². The van der Waals surface area contributed by atoms with Gasteiger partial charge in [0, 0.05) is 17.6 Å². The lowest BCUT2D eigenvalue weighted by Gasteiger charge is -2.45. The lowest BCUT2D eigenvalue weighted by Crippen LogP contribution is -2.77. The molecule has 0 bridgehead atoms. The largest absolute Gasteiger partial charge is 0.462 e. The standard InChI is InChI=1S/C17H12F20O2.C16H14F16O3/c1-6(2)7(38)39-5-4-9(19,20)11(23,24)13(27,28)15(31,32)16(33,34)14(29,30)12(25,26)10(21,22)8(3,18)17(35,36)37;1-6(2)8(34)35-5-7(33)4-10(18,19)12(22,23)14(26,27)15(28,29)13(24,25)11(20,21)9(3,17)16(30,31)32/h1,4-5H2,2-3H3;7,33H,1,4-5H2,2-3H3. The Hall–Kier alpha value is -4.14. The molecular formula is C33H26F36O5. The van der Waals surface area contributed by atoms with Gasteiger partial charge < -0.3 is 14.6 Å². The summed E-state index contributed by atoms with van der Waals surface area (Å²) in [5.41, 5.74) is -14.9. The van der Waals surface area contributed by atoms with Gasteiger partial charge in [0.05, 0.1) is 19.1 Å². The lowest BCUT2D eigenvalue weighted by molar-refractivity contribution is -0.464. The molecule has 0 spiro atoms. The number of aliphatic hydroxyl groups is 1. The Labute approximate surface area is 385 Å². The highest BCUT2D eigenvalue weighted by atomic mass is 19.4. The number of esters is 2. The number of hydrogen-bond acceptors (Lipinski definition) is 5. The van der Waals surface area contributed by atoms with E-state index in [4.69, 9.17) is 5.11 Å². The van der Waals surface area contributed by atoms with Crippen molar-refractivity contribution in [2.75, 3.05) is 13.2 Å². The van der Waals surface area contributed by atoms with Crippen LogP contribution in [0.1, 0.15) is 40.5 Å². The number of rotatable bonds is 23. The van der Waals surface area contributed by atoms with Gasteiger partial charge in [0.1, 0.15) is 6.61 Å². The molecule has 3 atom stereocenters. The maximum Gasteiger partial charge on any atom is 0.428 e. The molecule has 0 aromatic heterocycles. The number of halogens is 36. The van der Waals surface area contributed by atoms with Gasteiger partial charge in [-0.05, 0) is 27.7 Å². The van der Waals surface area contributed by atoms with E-state index in [-0.39, 0.29) is 0 Å². The molecule has 0 amide bonds. The van der Waals surface area contributed by atoms with Crippen LogP contribution in [0, 0.1) is 0 Å². The van der Waals surface area contributed by atoms with Crippen molar-refractivity contribution in [3.8, 4) is 0 Å². The smallest absolute Gasteiger partial charge is 0.428 e. The maximum atomic E-state index is 13.7. The molecule has 0 aromatic rings. The van der Waals surface area contributed by atoms with E-state index in [1.807, 2.05) is 0 Å². The van der Waals surface area contributed by atoms with Gasteiger partial charge in [-0.3, -0.25) is 0 Å². The summed E-state index contributed by atoms with van der Waals surface area (Å²) in [7, 11) is 0. The molecule has 0 fully saturated rings.